The monoisotopic (exact) mass is 379 g/mol. The molecule has 0 aromatic heterocycles. The van der Waals surface area contributed by atoms with Crippen LogP contribution in [0.4, 0.5) is 5.69 Å². The van der Waals surface area contributed by atoms with E-state index in [1.165, 1.54) is 38.5 Å². The predicted octanol–water partition coefficient (Wildman–Crippen LogP) is 5.01. The Morgan fingerprint density at radius 1 is 1.20 bits per heavy atom. The Hall–Kier alpha value is -0.840. The Balaban J connectivity index is 1.50. The molecule has 0 spiro atoms. The van der Waals surface area contributed by atoms with Gasteiger partial charge in [-0.3, -0.25) is 0 Å². The van der Waals surface area contributed by atoms with Gasteiger partial charge in [-0.2, -0.15) is 0 Å². The van der Waals surface area contributed by atoms with E-state index in [-0.39, 0.29) is 0 Å². The van der Waals surface area contributed by atoms with E-state index in [0.29, 0.717) is 6.04 Å². The predicted molar refractivity (Wildman–Crippen MR) is 111 cm³/mol. The topological polar surface area (TPSA) is 18.5 Å². The van der Waals surface area contributed by atoms with E-state index in [0.717, 1.165) is 40.9 Å². The largest absolute Gasteiger partial charge is 0.349 e. The molecule has 0 radical (unpaired) electrons. The molecule has 138 valence electrons. The Morgan fingerprint density at radius 3 is 2.60 bits per heavy atom. The number of rotatable bonds is 3. The average Bonchev–Trinajstić information content (AvgIpc) is 2.62. The first kappa shape index (κ1) is 18.9. The van der Waals surface area contributed by atoms with Crippen molar-refractivity contribution in [2.24, 2.45) is 5.92 Å². The van der Waals surface area contributed by atoms with Gasteiger partial charge in [-0.15, -0.1) is 0 Å². The standard InChI is InChI=1S/C20H30ClN3S/c1-15-6-3-4-9-19(15)23(2)18-10-12-24(13-11-18)20(25)22-17-8-5-7-16(21)14-17/h5,7-8,14-15,18-19H,3-4,6,9-13H2,1-2H3,(H,22,25)/t15-,19-/m1/s1. The normalized spacial score (nSPS) is 25.2. The van der Waals surface area contributed by atoms with Gasteiger partial charge in [0.25, 0.3) is 0 Å². The van der Waals surface area contributed by atoms with Gasteiger partial charge in [0.05, 0.1) is 0 Å². The number of hydrogen-bond donors (Lipinski definition) is 1. The van der Waals surface area contributed by atoms with Gasteiger partial charge in [0.1, 0.15) is 0 Å². The molecule has 1 heterocycles. The smallest absolute Gasteiger partial charge is 0.173 e. The molecule has 0 unspecified atom stereocenters. The molecule has 1 aliphatic carbocycles. The maximum Gasteiger partial charge on any atom is 0.173 e. The highest BCUT2D eigenvalue weighted by Crippen LogP contribution is 2.30. The van der Waals surface area contributed by atoms with Crippen LogP contribution in [0, 0.1) is 5.92 Å². The maximum atomic E-state index is 6.05. The number of likely N-dealkylation sites (tertiary alicyclic amines) is 1. The molecule has 0 amide bonds. The van der Waals surface area contributed by atoms with Gasteiger partial charge in [0.2, 0.25) is 0 Å². The molecule has 1 saturated heterocycles. The van der Waals surface area contributed by atoms with Crippen molar-refractivity contribution < 1.29 is 0 Å². The Kier molecular flexibility index (Phi) is 6.59. The van der Waals surface area contributed by atoms with Gasteiger partial charge in [0, 0.05) is 35.9 Å². The number of benzene rings is 1. The maximum absolute atomic E-state index is 6.05. The van der Waals surface area contributed by atoms with Gasteiger partial charge in [-0.25, -0.2) is 0 Å². The van der Waals surface area contributed by atoms with Gasteiger partial charge in [-0.05, 0) is 69.1 Å². The highest BCUT2D eigenvalue weighted by atomic mass is 35.5. The highest BCUT2D eigenvalue weighted by Gasteiger charge is 2.31. The molecule has 1 N–H and O–H groups in total. The van der Waals surface area contributed by atoms with E-state index in [1.54, 1.807) is 0 Å². The minimum absolute atomic E-state index is 0.691. The lowest BCUT2D eigenvalue weighted by atomic mass is 9.84. The van der Waals surface area contributed by atoms with Crippen molar-refractivity contribution in [3.05, 3.63) is 29.3 Å². The van der Waals surface area contributed by atoms with E-state index in [4.69, 9.17) is 23.8 Å². The van der Waals surface area contributed by atoms with Crippen molar-refractivity contribution in [2.75, 3.05) is 25.5 Å². The van der Waals surface area contributed by atoms with Crippen molar-refractivity contribution in [2.45, 2.75) is 57.5 Å². The summed E-state index contributed by atoms with van der Waals surface area (Å²) in [6, 6.07) is 9.20. The molecule has 1 aliphatic heterocycles. The van der Waals surface area contributed by atoms with Crippen molar-refractivity contribution in [1.82, 2.24) is 9.80 Å². The van der Waals surface area contributed by atoms with Crippen LogP contribution < -0.4 is 5.32 Å². The summed E-state index contributed by atoms with van der Waals surface area (Å²) in [5.41, 5.74) is 0.966. The molecule has 2 aliphatic rings. The van der Waals surface area contributed by atoms with Crippen LogP contribution in [-0.2, 0) is 0 Å². The van der Waals surface area contributed by atoms with Gasteiger partial charge in [0.15, 0.2) is 5.11 Å². The summed E-state index contributed by atoms with van der Waals surface area (Å²) in [4.78, 5) is 4.97. The quantitative estimate of drug-likeness (QED) is 0.743. The third-order valence-corrected chi connectivity index (χ3v) is 6.59. The molecule has 3 rings (SSSR count). The van der Waals surface area contributed by atoms with Crippen LogP contribution in [0.1, 0.15) is 45.4 Å². The van der Waals surface area contributed by atoms with Gasteiger partial charge >= 0.3 is 0 Å². The minimum atomic E-state index is 0.691. The summed E-state index contributed by atoms with van der Waals surface area (Å²) in [5.74, 6) is 0.836. The van der Waals surface area contributed by atoms with Gasteiger partial charge < -0.3 is 15.1 Å². The average molecular weight is 380 g/mol. The van der Waals surface area contributed by atoms with E-state index in [9.17, 15) is 0 Å². The second kappa shape index (κ2) is 8.70. The van der Waals surface area contributed by atoms with E-state index < -0.39 is 0 Å². The molecular weight excluding hydrogens is 350 g/mol. The minimum Gasteiger partial charge on any atom is -0.349 e. The van der Waals surface area contributed by atoms with Crippen LogP contribution in [0.25, 0.3) is 0 Å². The lowest BCUT2D eigenvalue weighted by Crippen LogP contribution is -2.51. The zero-order valence-corrected chi connectivity index (χ0v) is 17.0. The Morgan fingerprint density at radius 2 is 1.92 bits per heavy atom. The molecule has 0 bridgehead atoms. The first-order valence-corrected chi connectivity index (χ1v) is 10.4. The summed E-state index contributed by atoms with van der Waals surface area (Å²) in [6.07, 6.45) is 7.95. The van der Waals surface area contributed by atoms with Crippen molar-refractivity contribution in [3.8, 4) is 0 Å². The van der Waals surface area contributed by atoms with Crippen LogP contribution in [0.15, 0.2) is 24.3 Å². The second-order valence-corrected chi connectivity index (χ2v) is 8.48. The second-order valence-electron chi connectivity index (χ2n) is 7.65. The summed E-state index contributed by atoms with van der Waals surface area (Å²) in [6.45, 7) is 4.49. The zero-order chi connectivity index (χ0) is 17.8. The molecule has 2 atom stereocenters. The first-order chi connectivity index (χ1) is 12.0. The van der Waals surface area contributed by atoms with E-state index >= 15 is 0 Å². The summed E-state index contributed by atoms with van der Waals surface area (Å²) in [5, 5.41) is 4.87. The molecule has 3 nitrogen and oxygen atoms in total. The third kappa shape index (κ3) is 4.87. The number of halogens is 1. The molecule has 25 heavy (non-hydrogen) atoms. The molecule has 2 fully saturated rings. The number of hydrogen-bond acceptors (Lipinski definition) is 2. The van der Waals surface area contributed by atoms with E-state index in [2.05, 4.69) is 29.1 Å². The van der Waals surface area contributed by atoms with E-state index in [1.807, 2.05) is 24.3 Å². The number of anilines is 1. The summed E-state index contributed by atoms with van der Waals surface area (Å²) < 4.78 is 0. The number of thiocarbonyl (C=S) groups is 1. The van der Waals surface area contributed by atoms with Crippen LogP contribution in [-0.4, -0.2) is 47.1 Å². The fourth-order valence-corrected chi connectivity index (χ4v) is 4.91. The van der Waals surface area contributed by atoms with Crippen molar-refractivity contribution in [1.29, 1.82) is 0 Å². The fraction of sp³-hybridized carbons (Fsp3) is 0.650. The lowest BCUT2D eigenvalue weighted by molar-refractivity contribution is 0.0691. The Labute approximate surface area is 162 Å². The third-order valence-electron chi connectivity index (χ3n) is 5.99. The fourth-order valence-electron chi connectivity index (χ4n) is 4.42. The Bertz CT molecular complexity index is 586. The lowest BCUT2D eigenvalue weighted by Gasteiger charge is -2.44. The van der Waals surface area contributed by atoms with Crippen LogP contribution in [0.3, 0.4) is 0 Å². The SMILES string of the molecule is C[C@@H]1CCCC[C@H]1N(C)C1CCN(C(=S)Nc2cccc(Cl)c2)CC1. The highest BCUT2D eigenvalue weighted by molar-refractivity contribution is 7.80. The van der Waals surface area contributed by atoms with Crippen molar-refractivity contribution >= 4 is 34.6 Å². The molecule has 1 aromatic carbocycles. The summed E-state index contributed by atoms with van der Waals surface area (Å²) in [7, 11) is 2.34. The molecule has 5 heteroatoms. The number of piperidine rings is 1. The van der Waals surface area contributed by atoms with Crippen LogP contribution in [0.2, 0.25) is 5.02 Å². The number of nitrogens with zero attached hydrogens (tertiary/aromatic N) is 2. The summed E-state index contributed by atoms with van der Waals surface area (Å²) >= 11 is 11.7. The zero-order valence-electron chi connectivity index (χ0n) is 15.4. The van der Waals surface area contributed by atoms with Crippen LogP contribution >= 0.6 is 23.8 Å². The van der Waals surface area contributed by atoms with Crippen molar-refractivity contribution in [3.63, 3.8) is 0 Å². The van der Waals surface area contributed by atoms with Crippen LogP contribution in [0.5, 0.6) is 0 Å². The number of nitrogens with one attached hydrogen (secondary N) is 1. The molecule has 1 aromatic rings. The first-order valence-electron chi connectivity index (χ1n) is 9.58. The van der Waals surface area contributed by atoms with Gasteiger partial charge in [-0.1, -0.05) is 37.4 Å². The molecular formula is C20H30ClN3S. The molecule has 1 saturated carbocycles.